The van der Waals surface area contributed by atoms with Gasteiger partial charge in [-0.25, -0.2) is 4.79 Å². The van der Waals surface area contributed by atoms with Gasteiger partial charge in [-0.3, -0.25) is 4.57 Å². The molecule has 0 saturated carbocycles. The fourth-order valence-corrected chi connectivity index (χ4v) is 4.01. The van der Waals surface area contributed by atoms with Crippen molar-refractivity contribution in [2.45, 2.75) is 64.4 Å². The minimum Gasteiger partial charge on any atom is -0.302 e. The van der Waals surface area contributed by atoms with Crippen LogP contribution in [0.3, 0.4) is 0 Å². The van der Waals surface area contributed by atoms with Gasteiger partial charge in [0.2, 0.25) is 0 Å². The lowest BCUT2D eigenvalue weighted by molar-refractivity contribution is 0.285. The predicted octanol–water partition coefficient (Wildman–Crippen LogP) is 2.97. The average Bonchev–Trinajstić information content (AvgIpc) is 2.55. The van der Waals surface area contributed by atoms with E-state index in [1.54, 1.807) is 11.8 Å². The van der Waals surface area contributed by atoms with E-state index >= 15 is 0 Å². The number of nitrogens with zero attached hydrogens (tertiary/aromatic N) is 3. The highest BCUT2D eigenvalue weighted by Gasteiger charge is 2.20. The number of hydrogen-bond donors (Lipinski definition) is 0. The zero-order valence-corrected chi connectivity index (χ0v) is 15.0. The molecule has 4 nitrogen and oxygen atoms in total. The molecule has 1 aromatic rings. The minimum absolute atomic E-state index is 0.0496. The van der Waals surface area contributed by atoms with E-state index in [4.69, 9.17) is 0 Å². The second-order valence-corrected chi connectivity index (χ2v) is 6.94. The van der Waals surface area contributed by atoms with E-state index in [1.165, 1.54) is 24.1 Å². The first kappa shape index (κ1) is 17.5. The van der Waals surface area contributed by atoms with Crippen LogP contribution in [0.2, 0.25) is 0 Å². The molecule has 22 heavy (non-hydrogen) atoms. The third-order valence-electron chi connectivity index (χ3n) is 4.43. The molecule has 2 rings (SSSR count). The highest BCUT2D eigenvalue weighted by molar-refractivity contribution is 7.99. The van der Waals surface area contributed by atoms with Crippen molar-refractivity contribution in [1.29, 1.82) is 0 Å². The summed E-state index contributed by atoms with van der Waals surface area (Å²) in [4.78, 5) is 19.3. The molecule has 1 aromatic heterocycles. The molecule has 0 aliphatic heterocycles. The largest absolute Gasteiger partial charge is 0.348 e. The molecule has 1 heterocycles. The third-order valence-corrected chi connectivity index (χ3v) is 5.65. The molecule has 0 radical (unpaired) electrons. The predicted molar refractivity (Wildman–Crippen MR) is 93.9 cm³/mol. The van der Waals surface area contributed by atoms with Crippen molar-refractivity contribution in [3.05, 3.63) is 21.7 Å². The molecule has 0 saturated heterocycles. The van der Waals surface area contributed by atoms with E-state index in [0.717, 1.165) is 56.2 Å². The van der Waals surface area contributed by atoms with Crippen LogP contribution in [0.15, 0.2) is 9.82 Å². The van der Waals surface area contributed by atoms with Crippen molar-refractivity contribution in [2.24, 2.45) is 0 Å². The lowest BCUT2D eigenvalue weighted by Gasteiger charge is -2.24. The van der Waals surface area contributed by atoms with Crippen molar-refractivity contribution in [2.75, 3.05) is 25.4 Å². The maximum atomic E-state index is 12.5. The Kier molecular flexibility index (Phi) is 6.96. The Balaban J connectivity index is 2.28. The Labute approximate surface area is 138 Å². The van der Waals surface area contributed by atoms with Crippen LogP contribution in [0, 0.1) is 0 Å². The molecule has 0 bridgehead atoms. The molecule has 124 valence electrons. The number of aromatic nitrogens is 2. The summed E-state index contributed by atoms with van der Waals surface area (Å²) in [5.41, 5.74) is 2.56. The summed E-state index contributed by atoms with van der Waals surface area (Å²) >= 11 is 1.76. The van der Waals surface area contributed by atoms with Gasteiger partial charge >= 0.3 is 5.69 Å². The van der Waals surface area contributed by atoms with Crippen molar-refractivity contribution in [3.63, 3.8) is 0 Å². The van der Waals surface area contributed by atoms with Crippen LogP contribution in [-0.2, 0) is 19.4 Å². The highest BCUT2D eigenvalue weighted by atomic mass is 32.2. The van der Waals surface area contributed by atoms with Gasteiger partial charge in [-0.1, -0.05) is 20.8 Å². The fourth-order valence-electron chi connectivity index (χ4n) is 3.08. The van der Waals surface area contributed by atoms with Crippen LogP contribution in [-0.4, -0.2) is 39.8 Å². The van der Waals surface area contributed by atoms with Crippen LogP contribution in [0.5, 0.6) is 0 Å². The summed E-state index contributed by atoms with van der Waals surface area (Å²) in [5, 5.41) is 1.00. The standard InChI is InChI=1S/C17H29N3OS/c1-4-13-22-16-14-9-7-8-10-15(14)20(17(21)18-16)12-11-19(5-2)6-3/h4-13H2,1-3H3. The molecular formula is C17H29N3OS. The van der Waals surface area contributed by atoms with Gasteiger partial charge in [0.15, 0.2) is 0 Å². The van der Waals surface area contributed by atoms with Crippen LogP contribution >= 0.6 is 11.8 Å². The maximum Gasteiger partial charge on any atom is 0.348 e. The number of thioether (sulfide) groups is 1. The molecule has 0 spiro atoms. The lowest BCUT2D eigenvalue weighted by atomic mass is 9.97. The van der Waals surface area contributed by atoms with Crippen LogP contribution in [0.25, 0.3) is 0 Å². The fraction of sp³-hybridized carbons (Fsp3) is 0.765. The summed E-state index contributed by atoms with van der Waals surface area (Å²) in [6, 6.07) is 0. The van der Waals surface area contributed by atoms with E-state index < -0.39 is 0 Å². The first-order valence-corrected chi connectivity index (χ1v) is 9.67. The smallest absolute Gasteiger partial charge is 0.302 e. The molecule has 5 heteroatoms. The van der Waals surface area contributed by atoms with Crippen molar-refractivity contribution in [3.8, 4) is 0 Å². The van der Waals surface area contributed by atoms with Gasteiger partial charge in [0.25, 0.3) is 0 Å². The van der Waals surface area contributed by atoms with Gasteiger partial charge in [-0.15, -0.1) is 11.8 Å². The Morgan fingerprint density at radius 1 is 1.18 bits per heavy atom. The molecular weight excluding hydrogens is 294 g/mol. The molecule has 0 aromatic carbocycles. The maximum absolute atomic E-state index is 12.5. The van der Waals surface area contributed by atoms with Crippen LogP contribution in [0.4, 0.5) is 0 Å². The molecule has 1 aliphatic carbocycles. The summed E-state index contributed by atoms with van der Waals surface area (Å²) in [6.45, 7) is 10.3. The number of hydrogen-bond acceptors (Lipinski definition) is 4. The van der Waals surface area contributed by atoms with E-state index in [-0.39, 0.29) is 5.69 Å². The Morgan fingerprint density at radius 2 is 1.91 bits per heavy atom. The summed E-state index contributed by atoms with van der Waals surface area (Å²) in [5.74, 6) is 1.04. The van der Waals surface area contributed by atoms with Gasteiger partial charge in [-0.2, -0.15) is 4.98 Å². The third kappa shape index (κ3) is 4.13. The van der Waals surface area contributed by atoms with E-state index in [1.807, 2.05) is 4.57 Å². The van der Waals surface area contributed by atoms with Gasteiger partial charge in [0.05, 0.1) is 0 Å². The van der Waals surface area contributed by atoms with Crippen LogP contribution < -0.4 is 5.69 Å². The van der Waals surface area contributed by atoms with Crippen LogP contribution in [0.1, 0.15) is 51.3 Å². The van der Waals surface area contributed by atoms with E-state index in [0.29, 0.717) is 0 Å². The molecule has 0 atom stereocenters. The monoisotopic (exact) mass is 323 g/mol. The quantitative estimate of drug-likeness (QED) is 0.544. The Hall–Kier alpha value is -0.810. The Morgan fingerprint density at radius 3 is 2.59 bits per heavy atom. The number of rotatable bonds is 8. The van der Waals surface area contributed by atoms with Gasteiger partial charge in [0.1, 0.15) is 5.03 Å². The summed E-state index contributed by atoms with van der Waals surface area (Å²) in [6.07, 6.45) is 5.65. The first-order chi connectivity index (χ1) is 10.7. The molecule has 0 fully saturated rings. The molecule has 0 amide bonds. The summed E-state index contributed by atoms with van der Waals surface area (Å²) in [7, 11) is 0. The zero-order valence-electron chi connectivity index (χ0n) is 14.2. The van der Waals surface area contributed by atoms with Gasteiger partial charge in [-0.05, 0) is 50.9 Å². The normalized spacial score (nSPS) is 14.4. The molecule has 0 N–H and O–H groups in total. The van der Waals surface area contributed by atoms with E-state index in [2.05, 4.69) is 30.7 Å². The average molecular weight is 324 g/mol. The van der Waals surface area contributed by atoms with Crippen molar-refractivity contribution in [1.82, 2.24) is 14.5 Å². The van der Waals surface area contributed by atoms with E-state index in [9.17, 15) is 4.79 Å². The second kappa shape index (κ2) is 8.73. The molecule has 1 aliphatic rings. The Bertz CT molecular complexity index is 537. The first-order valence-electron chi connectivity index (χ1n) is 8.68. The van der Waals surface area contributed by atoms with Gasteiger partial charge in [0, 0.05) is 24.3 Å². The zero-order chi connectivity index (χ0) is 15.9. The van der Waals surface area contributed by atoms with Crippen molar-refractivity contribution < 1.29 is 0 Å². The van der Waals surface area contributed by atoms with Gasteiger partial charge < -0.3 is 4.90 Å². The highest BCUT2D eigenvalue weighted by Crippen LogP contribution is 2.28. The number of fused-ring (bicyclic) bond motifs is 1. The van der Waals surface area contributed by atoms with Crippen molar-refractivity contribution >= 4 is 11.8 Å². The minimum atomic E-state index is -0.0496. The SMILES string of the molecule is CCCSc1nc(=O)n(CCN(CC)CC)c2c1CCCC2. The topological polar surface area (TPSA) is 38.1 Å². The summed E-state index contributed by atoms with van der Waals surface area (Å²) < 4.78 is 1.95. The molecule has 0 unspecified atom stereocenters. The lowest BCUT2D eigenvalue weighted by Crippen LogP contribution is -2.35. The number of likely N-dealkylation sites (N-methyl/N-ethyl adjacent to an activating group) is 1. The second-order valence-electron chi connectivity index (χ2n) is 5.86.